The van der Waals surface area contributed by atoms with Crippen LogP contribution < -0.4 is 20.2 Å². The Balaban J connectivity index is 1.14. The minimum Gasteiger partial charge on any atom is -0.497 e. The summed E-state index contributed by atoms with van der Waals surface area (Å²) >= 11 is 1.47. The molecule has 0 spiro atoms. The number of fused-ring (bicyclic) bond motifs is 1. The molecule has 0 radical (unpaired) electrons. The molecule has 0 fully saturated rings. The second kappa shape index (κ2) is 13.5. The van der Waals surface area contributed by atoms with Crippen LogP contribution in [-0.4, -0.2) is 37.2 Å². The van der Waals surface area contributed by atoms with Gasteiger partial charge in [0.15, 0.2) is 5.58 Å². The molecule has 9 nitrogen and oxygen atoms in total. The standard InChI is InChI=1S/C32H28N4O5S/c1-39-26-14-7-21(8-15-26)18-30(37)34-25-12-10-23(11-13-25)31(38)36-33-19-22-9-16-28(40-2)24(17-22)20-42-32-35-27-5-3-4-6-29(27)41-32/h3-17,19H,18,20H2,1-2H3,(H,34,37)(H,36,38)/b33-19-. The number of aromatic nitrogens is 1. The first-order valence-corrected chi connectivity index (χ1v) is 14.0. The number of rotatable bonds is 11. The number of ether oxygens (including phenoxy) is 2. The summed E-state index contributed by atoms with van der Waals surface area (Å²) in [5.74, 6) is 1.51. The summed E-state index contributed by atoms with van der Waals surface area (Å²) in [7, 11) is 3.22. The molecular weight excluding hydrogens is 552 g/mol. The van der Waals surface area contributed by atoms with Crippen LogP contribution in [0.4, 0.5) is 5.69 Å². The molecule has 5 rings (SSSR count). The fraction of sp³-hybridized carbons (Fsp3) is 0.125. The number of hydrazone groups is 1. The van der Waals surface area contributed by atoms with Gasteiger partial charge in [0.05, 0.1) is 26.9 Å². The van der Waals surface area contributed by atoms with Gasteiger partial charge >= 0.3 is 0 Å². The summed E-state index contributed by atoms with van der Waals surface area (Å²) in [5.41, 5.74) is 7.69. The molecule has 0 saturated heterocycles. The Hall–Kier alpha value is -5.09. The number of carbonyl (C=O) groups is 2. The van der Waals surface area contributed by atoms with Gasteiger partial charge in [-0.25, -0.2) is 10.4 Å². The second-order valence-electron chi connectivity index (χ2n) is 9.16. The molecule has 0 saturated carbocycles. The van der Waals surface area contributed by atoms with Crippen LogP contribution in [0, 0.1) is 0 Å². The summed E-state index contributed by atoms with van der Waals surface area (Å²) < 4.78 is 16.4. The van der Waals surface area contributed by atoms with Crippen molar-refractivity contribution in [3.63, 3.8) is 0 Å². The summed E-state index contributed by atoms with van der Waals surface area (Å²) in [6.45, 7) is 0. The van der Waals surface area contributed by atoms with Crippen molar-refractivity contribution >= 4 is 46.6 Å². The number of benzene rings is 4. The predicted octanol–water partition coefficient (Wildman–Crippen LogP) is 6.08. The SMILES string of the molecule is COc1ccc(CC(=O)Nc2ccc(C(=O)N/N=C\c3ccc(OC)c(CSc4nc5ccccc5o4)c3)cc2)cc1. The Morgan fingerprint density at radius 2 is 1.74 bits per heavy atom. The van der Waals surface area contributed by atoms with Gasteiger partial charge in [0.1, 0.15) is 17.0 Å². The van der Waals surface area contributed by atoms with Gasteiger partial charge in [0.25, 0.3) is 11.1 Å². The van der Waals surface area contributed by atoms with Gasteiger partial charge in [0.2, 0.25) is 5.91 Å². The smallest absolute Gasteiger partial charge is 0.271 e. The molecule has 2 amide bonds. The fourth-order valence-electron chi connectivity index (χ4n) is 4.11. The van der Waals surface area contributed by atoms with Crippen LogP contribution >= 0.6 is 11.8 Å². The van der Waals surface area contributed by atoms with E-state index in [1.165, 1.54) is 11.8 Å². The van der Waals surface area contributed by atoms with Crippen LogP contribution in [0.5, 0.6) is 11.5 Å². The molecule has 0 aliphatic carbocycles. The van der Waals surface area contributed by atoms with Crippen LogP contribution in [-0.2, 0) is 17.0 Å². The van der Waals surface area contributed by atoms with Crippen molar-refractivity contribution in [1.82, 2.24) is 10.4 Å². The molecule has 1 heterocycles. The highest BCUT2D eigenvalue weighted by molar-refractivity contribution is 7.98. The minimum atomic E-state index is -0.373. The highest BCUT2D eigenvalue weighted by Crippen LogP contribution is 2.30. The van der Waals surface area contributed by atoms with Crippen molar-refractivity contribution in [2.75, 3.05) is 19.5 Å². The third-order valence-electron chi connectivity index (χ3n) is 6.26. The molecule has 0 atom stereocenters. The second-order valence-corrected chi connectivity index (χ2v) is 10.1. The fourth-order valence-corrected chi connectivity index (χ4v) is 4.93. The maximum absolute atomic E-state index is 12.6. The first kappa shape index (κ1) is 28.4. The van der Waals surface area contributed by atoms with Crippen molar-refractivity contribution in [2.45, 2.75) is 17.4 Å². The largest absolute Gasteiger partial charge is 0.497 e. The molecule has 5 aromatic rings. The van der Waals surface area contributed by atoms with E-state index in [2.05, 4.69) is 20.8 Å². The molecule has 0 unspecified atom stereocenters. The number of nitrogens with one attached hydrogen (secondary N) is 2. The number of hydrogen-bond acceptors (Lipinski definition) is 8. The Labute approximate surface area is 246 Å². The predicted molar refractivity (Wildman–Crippen MR) is 163 cm³/mol. The van der Waals surface area contributed by atoms with E-state index in [9.17, 15) is 9.59 Å². The molecule has 0 bridgehead atoms. The lowest BCUT2D eigenvalue weighted by Gasteiger charge is -2.08. The molecule has 212 valence electrons. The van der Waals surface area contributed by atoms with Crippen molar-refractivity contribution in [2.24, 2.45) is 5.10 Å². The Bertz CT molecular complexity index is 1680. The van der Waals surface area contributed by atoms with Crippen molar-refractivity contribution in [3.05, 3.63) is 113 Å². The average molecular weight is 581 g/mol. The monoisotopic (exact) mass is 580 g/mol. The van der Waals surface area contributed by atoms with Gasteiger partial charge in [0, 0.05) is 22.6 Å². The topological polar surface area (TPSA) is 115 Å². The van der Waals surface area contributed by atoms with Gasteiger partial charge in [-0.2, -0.15) is 5.10 Å². The van der Waals surface area contributed by atoms with Crippen LogP contribution in [0.3, 0.4) is 0 Å². The number of nitrogens with zero attached hydrogens (tertiary/aromatic N) is 2. The van der Waals surface area contributed by atoms with E-state index in [0.29, 0.717) is 22.2 Å². The van der Waals surface area contributed by atoms with Gasteiger partial charge in [-0.05, 0) is 77.9 Å². The number of thioether (sulfide) groups is 1. The molecule has 0 aliphatic rings. The summed E-state index contributed by atoms with van der Waals surface area (Å²) in [4.78, 5) is 29.5. The highest BCUT2D eigenvalue weighted by atomic mass is 32.2. The first-order chi connectivity index (χ1) is 20.5. The van der Waals surface area contributed by atoms with E-state index < -0.39 is 0 Å². The lowest BCUT2D eigenvalue weighted by Crippen LogP contribution is -2.18. The zero-order valence-electron chi connectivity index (χ0n) is 23.0. The maximum Gasteiger partial charge on any atom is 0.271 e. The third kappa shape index (κ3) is 7.35. The Morgan fingerprint density at radius 3 is 2.48 bits per heavy atom. The molecular formula is C32H28N4O5S. The number of anilines is 1. The number of oxazole rings is 1. The van der Waals surface area contributed by atoms with Crippen LogP contribution in [0.2, 0.25) is 0 Å². The lowest BCUT2D eigenvalue weighted by atomic mass is 10.1. The molecule has 2 N–H and O–H groups in total. The minimum absolute atomic E-state index is 0.159. The van der Waals surface area contributed by atoms with Crippen LogP contribution in [0.25, 0.3) is 11.1 Å². The molecule has 10 heteroatoms. The summed E-state index contributed by atoms with van der Waals surface area (Å²) in [6.07, 6.45) is 1.79. The van der Waals surface area contributed by atoms with Gasteiger partial charge in [-0.15, -0.1) is 0 Å². The van der Waals surface area contributed by atoms with E-state index in [0.717, 1.165) is 39.3 Å². The number of carbonyl (C=O) groups excluding carboxylic acids is 2. The van der Waals surface area contributed by atoms with Gasteiger partial charge < -0.3 is 19.2 Å². The zero-order valence-corrected chi connectivity index (χ0v) is 23.8. The van der Waals surface area contributed by atoms with Gasteiger partial charge in [-0.3, -0.25) is 9.59 Å². The highest BCUT2D eigenvalue weighted by Gasteiger charge is 2.11. The number of para-hydroxylation sites is 2. The molecule has 4 aromatic carbocycles. The summed E-state index contributed by atoms with van der Waals surface area (Å²) in [6, 6.07) is 27.2. The van der Waals surface area contributed by atoms with Crippen molar-refractivity contribution in [3.8, 4) is 11.5 Å². The maximum atomic E-state index is 12.6. The number of amides is 2. The van der Waals surface area contributed by atoms with E-state index in [4.69, 9.17) is 13.9 Å². The Kier molecular flexibility index (Phi) is 9.15. The molecule has 0 aliphatic heterocycles. The van der Waals surface area contributed by atoms with E-state index in [1.54, 1.807) is 44.7 Å². The third-order valence-corrected chi connectivity index (χ3v) is 7.14. The van der Waals surface area contributed by atoms with Crippen LogP contribution in [0.15, 0.2) is 106 Å². The average Bonchev–Trinajstić information content (AvgIpc) is 3.44. The summed E-state index contributed by atoms with van der Waals surface area (Å²) in [5, 5.41) is 7.52. The van der Waals surface area contributed by atoms with Crippen molar-refractivity contribution in [1.29, 1.82) is 0 Å². The lowest BCUT2D eigenvalue weighted by molar-refractivity contribution is -0.115. The first-order valence-electron chi connectivity index (χ1n) is 13.0. The van der Waals surface area contributed by atoms with Crippen molar-refractivity contribution < 1.29 is 23.5 Å². The zero-order chi connectivity index (χ0) is 29.3. The number of methoxy groups -OCH3 is 2. The number of hydrogen-bond donors (Lipinski definition) is 2. The normalized spacial score (nSPS) is 11.0. The van der Waals surface area contributed by atoms with E-state index in [1.807, 2.05) is 66.7 Å². The van der Waals surface area contributed by atoms with E-state index >= 15 is 0 Å². The quantitative estimate of drug-likeness (QED) is 0.110. The molecule has 42 heavy (non-hydrogen) atoms. The Morgan fingerprint density at radius 1 is 0.952 bits per heavy atom. The van der Waals surface area contributed by atoms with Gasteiger partial charge in [-0.1, -0.05) is 36.0 Å². The van der Waals surface area contributed by atoms with Crippen LogP contribution in [0.1, 0.15) is 27.0 Å². The molecule has 1 aromatic heterocycles. The van der Waals surface area contributed by atoms with E-state index in [-0.39, 0.29) is 18.2 Å².